The van der Waals surface area contributed by atoms with E-state index in [9.17, 15) is 4.79 Å². The van der Waals surface area contributed by atoms with E-state index in [4.69, 9.17) is 6.57 Å². The van der Waals surface area contributed by atoms with Crippen molar-refractivity contribution in [3.05, 3.63) is 125 Å². The standard InChI is InChI=1S/C31H22N4O/c1-31(2,32-3)24-10-12-25(13-11-24)35-29(36)15-9-22-18-34-28-14-8-20(17-26(28)30(22)35)23-16-21-6-4-5-7-27(21)33-19-23/h4-19H,1-2H3. The highest BCUT2D eigenvalue weighted by atomic mass is 16.1. The Hall–Kier alpha value is -4.82. The summed E-state index contributed by atoms with van der Waals surface area (Å²) in [6.07, 6.45) is 3.69. The molecule has 0 atom stereocenters. The number of fused-ring (bicyclic) bond motifs is 4. The summed E-state index contributed by atoms with van der Waals surface area (Å²) >= 11 is 0. The summed E-state index contributed by atoms with van der Waals surface area (Å²) in [5.74, 6) is 0. The van der Waals surface area contributed by atoms with Gasteiger partial charge in [-0.1, -0.05) is 24.3 Å². The summed E-state index contributed by atoms with van der Waals surface area (Å²) in [6, 6.07) is 27.4. The number of benzene rings is 3. The molecule has 0 radical (unpaired) electrons. The third-order valence-corrected chi connectivity index (χ3v) is 6.75. The first-order chi connectivity index (χ1) is 17.4. The third-order valence-electron chi connectivity index (χ3n) is 6.75. The summed E-state index contributed by atoms with van der Waals surface area (Å²) in [5.41, 5.74) is 5.49. The smallest absolute Gasteiger partial charge is 0.255 e. The maximum Gasteiger partial charge on any atom is 0.255 e. The third kappa shape index (κ3) is 3.52. The molecule has 6 rings (SSSR count). The first kappa shape index (κ1) is 21.7. The number of para-hydroxylation sites is 1. The monoisotopic (exact) mass is 466 g/mol. The Balaban J connectivity index is 1.59. The van der Waals surface area contributed by atoms with Gasteiger partial charge < -0.3 is 4.85 Å². The van der Waals surface area contributed by atoms with E-state index in [0.29, 0.717) is 0 Å². The fourth-order valence-electron chi connectivity index (χ4n) is 4.66. The van der Waals surface area contributed by atoms with Crippen LogP contribution < -0.4 is 5.56 Å². The van der Waals surface area contributed by atoms with Crippen molar-refractivity contribution in [1.29, 1.82) is 0 Å². The Bertz CT molecular complexity index is 1890. The molecule has 0 spiro atoms. The molecule has 5 heteroatoms. The molecule has 3 aromatic carbocycles. The van der Waals surface area contributed by atoms with Crippen LogP contribution in [0.15, 0.2) is 102 Å². The molecule has 6 aromatic rings. The average molecular weight is 467 g/mol. The van der Waals surface area contributed by atoms with Gasteiger partial charge in [0.05, 0.1) is 16.6 Å². The molecule has 36 heavy (non-hydrogen) atoms. The summed E-state index contributed by atoms with van der Waals surface area (Å²) in [7, 11) is 0. The fraction of sp³-hybridized carbons (Fsp3) is 0.0968. The normalized spacial score (nSPS) is 11.7. The van der Waals surface area contributed by atoms with Crippen molar-refractivity contribution >= 4 is 32.7 Å². The van der Waals surface area contributed by atoms with Crippen molar-refractivity contribution in [1.82, 2.24) is 14.5 Å². The van der Waals surface area contributed by atoms with E-state index in [0.717, 1.165) is 55.1 Å². The molecule has 3 heterocycles. The van der Waals surface area contributed by atoms with Gasteiger partial charge in [-0.3, -0.25) is 19.3 Å². The summed E-state index contributed by atoms with van der Waals surface area (Å²) in [4.78, 5) is 26.2. The maximum atomic E-state index is 13.2. The predicted octanol–water partition coefficient (Wildman–Crippen LogP) is 6.91. The van der Waals surface area contributed by atoms with Gasteiger partial charge in [-0.2, -0.15) is 0 Å². The molecule has 0 amide bonds. The van der Waals surface area contributed by atoms with Crippen molar-refractivity contribution < 1.29 is 0 Å². The number of hydrogen-bond donors (Lipinski definition) is 0. The minimum atomic E-state index is -0.623. The second-order valence-electron chi connectivity index (χ2n) is 9.44. The van der Waals surface area contributed by atoms with Gasteiger partial charge in [-0.25, -0.2) is 6.57 Å². The molecule has 0 N–H and O–H groups in total. The molecule has 0 aliphatic rings. The zero-order chi connectivity index (χ0) is 24.9. The Morgan fingerprint density at radius 1 is 0.778 bits per heavy atom. The highest BCUT2D eigenvalue weighted by Gasteiger charge is 2.25. The molecule has 0 aliphatic heterocycles. The lowest BCUT2D eigenvalue weighted by Crippen LogP contribution is -2.18. The Kier molecular flexibility index (Phi) is 4.91. The lowest BCUT2D eigenvalue weighted by atomic mass is 9.95. The van der Waals surface area contributed by atoms with Gasteiger partial charge in [0.15, 0.2) is 0 Å². The maximum absolute atomic E-state index is 13.2. The van der Waals surface area contributed by atoms with Crippen LogP contribution in [0.2, 0.25) is 0 Å². The van der Waals surface area contributed by atoms with Gasteiger partial charge in [0.2, 0.25) is 0 Å². The summed E-state index contributed by atoms with van der Waals surface area (Å²) in [6.45, 7) is 11.3. The number of pyridine rings is 3. The first-order valence-electron chi connectivity index (χ1n) is 11.7. The molecule has 0 aliphatic carbocycles. The van der Waals surface area contributed by atoms with Crippen LogP contribution in [0.5, 0.6) is 0 Å². The molecule has 3 aromatic heterocycles. The van der Waals surface area contributed by atoms with Crippen molar-refractivity contribution in [3.63, 3.8) is 0 Å². The zero-order valence-electron chi connectivity index (χ0n) is 19.9. The van der Waals surface area contributed by atoms with Crippen molar-refractivity contribution in [3.8, 4) is 16.8 Å². The van der Waals surface area contributed by atoms with Crippen molar-refractivity contribution in [2.45, 2.75) is 19.4 Å². The molecule has 0 saturated heterocycles. The summed E-state index contributed by atoms with van der Waals surface area (Å²) in [5, 5.41) is 2.84. The lowest BCUT2D eigenvalue weighted by molar-refractivity contribution is 0.664. The van der Waals surface area contributed by atoms with Crippen LogP contribution in [0.25, 0.3) is 54.4 Å². The van der Waals surface area contributed by atoms with Crippen LogP contribution in [0.3, 0.4) is 0 Å². The van der Waals surface area contributed by atoms with Gasteiger partial charge in [0.1, 0.15) is 0 Å². The molecular formula is C31H22N4O. The Morgan fingerprint density at radius 3 is 2.36 bits per heavy atom. The molecular weight excluding hydrogens is 444 g/mol. The molecule has 0 fully saturated rings. The molecule has 0 unspecified atom stereocenters. The van der Waals surface area contributed by atoms with Crippen LogP contribution >= 0.6 is 0 Å². The van der Waals surface area contributed by atoms with Crippen LogP contribution in [0.4, 0.5) is 0 Å². The molecule has 172 valence electrons. The molecule has 5 nitrogen and oxygen atoms in total. The van der Waals surface area contributed by atoms with Gasteiger partial charge in [-0.15, -0.1) is 0 Å². The average Bonchev–Trinajstić information content (AvgIpc) is 2.92. The van der Waals surface area contributed by atoms with Crippen LogP contribution in [-0.4, -0.2) is 14.5 Å². The van der Waals surface area contributed by atoms with E-state index in [-0.39, 0.29) is 5.56 Å². The van der Waals surface area contributed by atoms with E-state index in [1.807, 2.05) is 80.7 Å². The number of aromatic nitrogens is 3. The minimum absolute atomic E-state index is 0.120. The number of rotatable bonds is 3. The fourth-order valence-corrected chi connectivity index (χ4v) is 4.66. The topological polar surface area (TPSA) is 52.1 Å². The second kappa shape index (κ2) is 8.14. The van der Waals surface area contributed by atoms with E-state index in [1.54, 1.807) is 16.8 Å². The Labute approximate surface area is 208 Å². The van der Waals surface area contributed by atoms with Crippen LogP contribution in [0.1, 0.15) is 19.4 Å². The van der Waals surface area contributed by atoms with Crippen LogP contribution in [-0.2, 0) is 5.54 Å². The highest BCUT2D eigenvalue weighted by Crippen LogP contribution is 2.31. The quantitative estimate of drug-likeness (QED) is 0.210. The summed E-state index contributed by atoms with van der Waals surface area (Å²) < 4.78 is 1.73. The van der Waals surface area contributed by atoms with E-state index < -0.39 is 5.54 Å². The number of hydrogen-bond acceptors (Lipinski definition) is 3. The van der Waals surface area contributed by atoms with E-state index in [1.165, 1.54) is 0 Å². The van der Waals surface area contributed by atoms with E-state index in [2.05, 4.69) is 33.0 Å². The zero-order valence-corrected chi connectivity index (χ0v) is 19.9. The van der Waals surface area contributed by atoms with Crippen molar-refractivity contribution in [2.24, 2.45) is 0 Å². The van der Waals surface area contributed by atoms with Gasteiger partial charge in [-0.05, 0) is 60.2 Å². The van der Waals surface area contributed by atoms with Gasteiger partial charge in [0, 0.05) is 65.3 Å². The SMILES string of the molecule is [C-]#[N+]C(C)(C)c1ccc(-n2c(=O)ccc3cnc4ccc(-c5cnc6ccccc6c5)cc4c32)cc1. The second-order valence-corrected chi connectivity index (χ2v) is 9.44. The predicted molar refractivity (Wildman–Crippen MR) is 145 cm³/mol. The van der Waals surface area contributed by atoms with Gasteiger partial charge >= 0.3 is 0 Å². The Morgan fingerprint density at radius 2 is 1.56 bits per heavy atom. The van der Waals surface area contributed by atoms with Crippen molar-refractivity contribution in [2.75, 3.05) is 0 Å². The largest absolute Gasteiger partial charge is 0.306 e. The molecule has 0 bridgehead atoms. The van der Waals surface area contributed by atoms with Gasteiger partial charge in [0.25, 0.3) is 11.1 Å². The minimum Gasteiger partial charge on any atom is -0.306 e. The molecule has 0 saturated carbocycles. The van der Waals surface area contributed by atoms with E-state index >= 15 is 0 Å². The highest BCUT2D eigenvalue weighted by molar-refractivity contribution is 6.05. The lowest BCUT2D eigenvalue weighted by Gasteiger charge is -2.15. The first-order valence-corrected chi connectivity index (χ1v) is 11.7. The number of nitrogens with zero attached hydrogens (tertiary/aromatic N) is 4. The van der Waals surface area contributed by atoms with Crippen LogP contribution in [0, 0.1) is 6.57 Å².